The molecule has 4 heteroatoms. The van der Waals surface area contributed by atoms with E-state index in [4.69, 9.17) is 9.47 Å². The molecule has 0 fully saturated rings. The molecular weight excluding hydrogens is 247 g/mol. The van der Waals surface area contributed by atoms with E-state index in [1.165, 1.54) is 13.2 Å². The number of hydrogen-bond donors (Lipinski definition) is 0. The van der Waals surface area contributed by atoms with Crippen LogP contribution in [-0.2, 0) is 6.61 Å². The zero-order valence-corrected chi connectivity index (χ0v) is 10.4. The molecule has 0 aliphatic carbocycles. The van der Waals surface area contributed by atoms with Crippen molar-refractivity contribution >= 4 is 6.29 Å². The number of methoxy groups -OCH3 is 1. The molecule has 2 rings (SSSR count). The molecule has 0 radical (unpaired) electrons. The summed E-state index contributed by atoms with van der Waals surface area (Å²) in [4.78, 5) is 10.7. The lowest BCUT2D eigenvalue weighted by Crippen LogP contribution is -2.00. The van der Waals surface area contributed by atoms with E-state index in [0.29, 0.717) is 22.6 Å². The molecule has 3 nitrogen and oxygen atoms in total. The van der Waals surface area contributed by atoms with Crippen molar-refractivity contribution in [3.8, 4) is 11.5 Å². The van der Waals surface area contributed by atoms with Crippen LogP contribution < -0.4 is 9.47 Å². The molecule has 0 aromatic heterocycles. The maximum atomic E-state index is 13.5. The lowest BCUT2D eigenvalue weighted by atomic mass is 10.2. The van der Waals surface area contributed by atoms with Crippen molar-refractivity contribution in [2.45, 2.75) is 6.61 Å². The Morgan fingerprint density at radius 2 is 1.95 bits per heavy atom. The molecule has 0 bridgehead atoms. The van der Waals surface area contributed by atoms with Crippen LogP contribution in [0, 0.1) is 5.82 Å². The lowest BCUT2D eigenvalue weighted by molar-refractivity contribution is 0.112. The molecule has 0 N–H and O–H groups in total. The van der Waals surface area contributed by atoms with E-state index in [-0.39, 0.29) is 12.4 Å². The number of halogens is 1. The number of ether oxygens (including phenoxy) is 2. The molecular formula is C15H13FO3. The number of carbonyl (C=O) groups excluding carboxylic acids is 1. The minimum atomic E-state index is -0.326. The Bertz CT molecular complexity index is 581. The Balaban J connectivity index is 2.19. The minimum absolute atomic E-state index is 0.0747. The molecule has 0 saturated heterocycles. The molecule has 2 aromatic carbocycles. The minimum Gasteiger partial charge on any atom is -0.493 e. The van der Waals surface area contributed by atoms with Gasteiger partial charge in [-0.1, -0.05) is 18.2 Å². The summed E-state index contributed by atoms with van der Waals surface area (Å²) in [7, 11) is 1.51. The van der Waals surface area contributed by atoms with E-state index in [1.54, 1.807) is 36.4 Å². The first-order valence-electron chi connectivity index (χ1n) is 5.74. The summed E-state index contributed by atoms with van der Waals surface area (Å²) in [5, 5.41) is 0. The molecule has 0 unspecified atom stereocenters. The second-order valence-electron chi connectivity index (χ2n) is 3.91. The summed E-state index contributed by atoms with van der Waals surface area (Å²) in [5.41, 5.74) is 0.922. The first-order chi connectivity index (χ1) is 9.24. The maximum absolute atomic E-state index is 13.5. The second kappa shape index (κ2) is 6.00. The van der Waals surface area contributed by atoms with Crippen LogP contribution in [0.1, 0.15) is 15.9 Å². The zero-order chi connectivity index (χ0) is 13.7. The molecule has 0 saturated carbocycles. The maximum Gasteiger partial charge on any atom is 0.162 e. The SMILES string of the molecule is COc1ccc(C=O)cc1OCc1ccccc1F. The summed E-state index contributed by atoms with van der Waals surface area (Å²) in [6.07, 6.45) is 0.718. The molecule has 0 heterocycles. The number of benzene rings is 2. The van der Waals surface area contributed by atoms with Gasteiger partial charge in [0, 0.05) is 11.1 Å². The first-order valence-corrected chi connectivity index (χ1v) is 5.74. The number of aldehydes is 1. The summed E-state index contributed by atoms with van der Waals surface area (Å²) in [6.45, 7) is 0.0747. The van der Waals surface area contributed by atoms with E-state index < -0.39 is 0 Å². The van der Waals surface area contributed by atoms with Gasteiger partial charge in [0.1, 0.15) is 18.7 Å². The predicted molar refractivity (Wildman–Crippen MR) is 69.1 cm³/mol. The average Bonchev–Trinajstić information content (AvgIpc) is 2.46. The number of rotatable bonds is 5. The summed E-state index contributed by atoms with van der Waals surface area (Å²) >= 11 is 0. The van der Waals surface area contributed by atoms with Gasteiger partial charge in [-0.15, -0.1) is 0 Å². The fourth-order valence-electron chi connectivity index (χ4n) is 1.65. The number of hydrogen-bond acceptors (Lipinski definition) is 3. The van der Waals surface area contributed by atoms with Gasteiger partial charge in [-0.25, -0.2) is 4.39 Å². The van der Waals surface area contributed by atoms with Crippen molar-refractivity contribution in [1.82, 2.24) is 0 Å². The highest BCUT2D eigenvalue weighted by atomic mass is 19.1. The smallest absolute Gasteiger partial charge is 0.162 e. The highest BCUT2D eigenvalue weighted by Gasteiger charge is 2.07. The molecule has 0 amide bonds. The van der Waals surface area contributed by atoms with Crippen LogP contribution in [-0.4, -0.2) is 13.4 Å². The lowest BCUT2D eigenvalue weighted by Gasteiger charge is -2.11. The highest BCUT2D eigenvalue weighted by molar-refractivity contribution is 5.76. The van der Waals surface area contributed by atoms with Gasteiger partial charge >= 0.3 is 0 Å². The Hall–Kier alpha value is -2.36. The van der Waals surface area contributed by atoms with Crippen molar-refractivity contribution in [3.63, 3.8) is 0 Å². The van der Waals surface area contributed by atoms with Crippen LogP contribution in [0.25, 0.3) is 0 Å². The molecule has 0 spiro atoms. The van der Waals surface area contributed by atoms with Gasteiger partial charge in [0.05, 0.1) is 7.11 Å². The van der Waals surface area contributed by atoms with Crippen molar-refractivity contribution < 1.29 is 18.7 Å². The van der Waals surface area contributed by atoms with Crippen LogP contribution in [0.2, 0.25) is 0 Å². The van der Waals surface area contributed by atoms with Crippen molar-refractivity contribution in [2.24, 2.45) is 0 Å². The fraction of sp³-hybridized carbons (Fsp3) is 0.133. The predicted octanol–water partition coefficient (Wildman–Crippen LogP) is 3.23. The Morgan fingerprint density at radius 1 is 1.16 bits per heavy atom. The van der Waals surface area contributed by atoms with Gasteiger partial charge in [0.25, 0.3) is 0 Å². The topological polar surface area (TPSA) is 35.5 Å². The second-order valence-corrected chi connectivity index (χ2v) is 3.91. The van der Waals surface area contributed by atoms with Crippen molar-refractivity contribution in [1.29, 1.82) is 0 Å². The molecule has 98 valence electrons. The van der Waals surface area contributed by atoms with Crippen molar-refractivity contribution in [3.05, 3.63) is 59.4 Å². The molecule has 2 aromatic rings. The normalized spacial score (nSPS) is 10.0. The quantitative estimate of drug-likeness (QED) is 0.774. The largest absolute Gasteiger partial charge is 0.493 e. The average molecular weight is 260 g/mol. The Kier molecular flexibility index (Phi) is 4.13. The first kappa shape index (κ1) is 13.1. The van der Waals surface area contributed by atoms with Gasteiger partial charge in [-0.05, 0) is 24.3 Å². The zero-order valence-electron chi connectivity index (χ0n) is 10.4. The summed E-state index contributed by atoms with van der Waals surface area (Å²) in [5.74, 6) is 0.588. The van der Waals surface area contributed by atoms with Crippen LogP contribution in [0.5, 0.6) is 11.5 Å². The Labute approximate surface area is 110 Å². The van der Waals surface area contributed by atoms with Crippen LogP contribution >= 0.6 is 0 Å². The monoisotopic (exact) mass is 260 g/mol. The van der Waals surface area contributed by atoms with Gasteiger partial charge in [0.15, 0.2) is 11.5 Å². The third kappa shape index (κ3) is 3.10. The van der Waals surface area contributed by atoms with Gasteiger partial charge in [0.2, 0.25) is 0 Å². The van der Waals surface area contributed by atoms with Gasteiger partial charge in [-0.2, -0.15) is 0 Å². The highest BCUT2D eigenvalue weighted by Crippen LogP contribution is 2.28. The molecule has 0 atom stereocenters. The van der Waals surface area contributed by atoms with Crippen molar-refractivity contribution in [2.75, 3.05) is 7.11 Å². The molecule has 19 heavy (non-hydrogen) atoms. The van der Waals surface area contributed by atoms with E-state index in [1.807, 2.05) is 0 Å². The van der Waals surface area contributed by atoms with E-state index in [9.17, 15) is 9.18 Å². The van der Waals surface area contributed by atoms with Crippen LogP contribution in [0.15, 0.2) is 42.5 Å². The fourth-order valence-corrected chi connectivity index (χ4v) is 1.65. The third-order valence-electron chi connectivity index (χ3n) is 2.66. The van der Waals surface area contributed by atoms with Gasteiger partial charge < -0.3 is 9.47 Å². The van der Waals surface area contributed by atoms with Crippen LogP contribution in [0.3, 0.4) is 0 Å². The Morgan fingerprint density at radius 3 is 2.63 bits per heavy atom. The summed E-state index contributed by atoms with van der Waals surface area (Å²) < 4.78 is 24.1. The van der Waals surface area contributed by atoms with E-state index in [0.717, 1.165) is 6.29 Å². The molecule has 0 aliphatic heterocycles. The van der Waals surface area contributed by atoms with E-state index >= 15 is 0 Å². The van der Waals surface area contributed by atoms with E-state index in [2.05, 4.69) is 0 Å². The third-order valence-corrected chi connectivity index (χ3v) is 2.66. The standard InChI is InChI=1S/C15H13FO3/c1-18-14-7-6-11(9-17)8-15(14)19-10-12-4-2-3-5-13(12)16/h2-9H,10H2,1H3. The van der Waals surface area contributed by atoms with Crippen LogP contribution in [0.4, 0.5) is 4.39 Å². The van der Waals surface area contributed by atoms with Gasteiger partial charge in [-0.3, -0.25) is 4.79 Å². The molecule has 0 aliphatic rings. The summed E-state index contributed by atoms with van der Waals surface area (Å²) in [6, 6.07) is 11.2. The number of carbonyl (C=O) groups is 1.